The Hall–Kier alpha value is -2.54. The van der Waals surface area contributed by atoms with E-state index in [1.807, 2.05) is 42.1 Å². The number of carbonyl (C=O) groups excluding carboxylic acids is 2. The van der Waals surface area contributed by atoms with Gasteiger partial charge in [0.1, 0.15) is 11.6 Å². The van der Waals surface area contributed by atoms with Gasteiger partial charge in [-0.15, -0.1) is 0 Å². The Morgan fingerprint density at radius 3 is 2.63 bits per heavy atom. The first-order valence-electron chi connectivity index (χ1n) is 10.6. The highest BCUT2D eigenvalue weighted by molar-refractivity contribution is 5.88. The number of alkyl carbamates (subject to hydrolysis) is 1. The van der Waals surface area contributed by atoms with Gasteiger partial charge in [0.15, 0.2) is 0 Å². The summed E-state index contributed by atoms with van der Waals surface area (Å²) in [5, 5.41) is 6.88. The Kier molecular flexibility index (Phi) is 7.02. The molecule has 1 aromatic carbocycles. The lowest BCUT2D eigenvalue weighted by Crippen LogP contribution is -2.50. The van der Waals surface area contributed by atoms with Gasteiger partial charge in [-0.3, -0.25) is 4.79 Å². The van der Waals surface area contributed by atoms with E-state index in [4.69, 9.17) is 9.47 Å². The zero-order valence-corrected chi connectivity index (χ0v) is 18.4. The molecule has 1 atom stereocenters. The normalized spacial score (nSPS) is 16.3. The molecule has 30 heavy (non-hydrogen) atoms. The van der Waals surface area contributed by atoms with Gasteiger partial charge < -0.3 is 24.7 Å². The summed E-state index contributed by atoms with van der Waals surface area (Å²) < 4.78 is 12.8. The maximum Gasteiger partial charge on any atom is 0.408 e. The smallest absolute Gasteiger partial charge is 0.408 e. The zero-order valence-electron chi connectivity index (χ0n) is 18.4. The van der Waals surface area contributed by atoms with Gasteiger partial charge in [-0.2, -0.15) is 0 Å². The van der Waals surface area contributed by atoms with Gasteiger partial charge in [0.2, 0.25) is 5.91 Å². The summed E-state index contributed by atoms with van der Waals surface area (Å²) in [6, 6.07) is 7.33. The average Bonchev–Trinajstić information content (AvgIpc) is 3.01. The molecule has 2 aromatic rings. The molecule has 164 valence electrons. The first-order valence-corrected chi connectivity index (χ1v) is 10.6. The van der Waals surface area contributed by atoms with Gasteiger partial charge >= 0.3 is 6.09 Å². The van der Waals surface area contributed by atoms with Crippen LogP contribution in [-0.4, -0.2) is 48.0 Å². The lowest BCUT2D eigenvalue weighted by atomic mass is 10.00. The van der Waals surface area contributed by atoms with Crippen LogP contribution in [0.1, 0.15) is 39.2 Å². The van der Waals surface area contributed by atoms with Crippen molar-refractivity contribution in [2.24, 2.45) is 13.0 Å². The Bertz CT molecular complexity index is 878. The van der Waals surface area contributed by atoms with Gasteiger partial charge in [-0.05, 0) is 51.2 Å². The molecule has 2 heterocycles. The Morgan fingerprint density at radius 1 is 1.23 bits per heavy atom. The van der Waals surface area contributed by atoms with Crippen LogP contribution in [0.3, 0.4) is 0 Å². The summed E-state index contributed by atoms with van der Waals surface area (Å²) in [7, 11) is 1.98. The highest BCUT2D eigenvalue weighted by Gasteiger charge is 2.26. The third-order valence-corrected chi connectivity index (χ3v) is 5.32. The van der Waals surface area contributed by atoms with Crippen molar-refractivity contribution in [1.29, 1.82) is 0 Å². The van der Waals surface area contributed by atoms with E-state index in [1.54, 1.807) is 20.8 Å². The molecule has 7 nitrogen and oxygen atoms in total. The fraction of sp³-hybridized carbons (Fsp3) is 0.565. The van der Waals surface area contributed by atoms with Crippen molar-refractivity contribution >= 4 is 22.9 Å². The summed E-state index contributed by atoms with van der Waals surface area (Å²) in [5.74, 6) is 0.211. The van der Waals surface area contributed by atoms with Gasteiger partial charge in [-0.1, -0.05) is 18.2 Å². The fourth-order valence-electron chi connectivity index (χ4n) is 3.79. The lowest BCUT2D eigenvalue weighted by Gasteiger charge is -2.25. The molecular formula is C23H33N3O4. The minimum Gasteiger partial charge on any atom is -0.444 e. The molecule has 0 radical (unpaired) electrons. The molecule has 1 aromatic heterocycles. The third-order valence-electron chi connectivity index (χ3n) is 5.32. The second-order valence-corrected chi connectivity index (χ2v) is 8.99. The van der Waals surface area contributed by atoms with Crippen molar-refractivity contribution in [3.8, 4) is 0 Å². The minimum atomic E-state index is -0.717. The molecule has 3 rings (SSSR count). The van der Waals surface area contributed by atoms with Crippen LogP contribution in [0.15, 0.2) is 30.5 Å². The van der Waals surface area contributed by atoms with Crippen LogP contribution in [0.4, 0.5) is 4.79 Å². The fourth-order valence-corrected chi connectivity index (χ4v) is 3.79. The number of aryl methyl sites for hydroxylation is 1. The van der Waals surface area contributed by atoms with Crippen LogP contribution in [0.5, 0.6) is 0 Å². The number of aromatic nitrogens is 1. The first kappa shape index (κ1) is 22.2. The van der Waals surface area contributed by atoms with Crippen molar-refractivity contribution in [2.45, 2.75) is 51.7 Å². The average molecular weight is 416 g/mol. The predicted octanol–water partition coefficient (Wildman–Crippen LogP) is 3.16. The Balaban J connectivity index is 1.73. The summed E-state index contributed by atoms with van der Waals surface area (Å²) in [6.07, 6.45) is 3.69. The first-order chi connectivity index (χ1) is 14.2. The van der Waals surface area contributed by atoms with E-state index in [2.05, 4.69) is 10.6 Å². The van der Waals surface area contributed by atoms with Crippen molar-refractivity contribution < 1.29 is 19.1 Å². The number of fused-ring (bicyclic) bond motifs is 1. The third kappa shape index (κ3) is 5.98. The van der Waals surface area contributed by atoms with Crippen LogP contribution in [0, 0.1) is 5.92 Å². The molecule has 0 unspecified atom stereocenters. The maximum atomic E-state index is 13.0. The molecule has 2 amide bonds. The quantitative estimate of drug-likeness (QED) is 0.759. The van der Waals surface area contributed by atoms with Crippen LogP contribution >= 0.6 is 0 Å². The zero-order chi connectivity index (χ0) is 21.7. The number of para-hydroxylation sites is 1. The number of nitrogens with one attached hydrogen (secondary N) is 2. The maximum absolute atomic E-state index is 13.0. The number of nitrogens with zero attached hydrogens (tertiary/aromatic N) is 1. The molecular weight excluding hydrogens is 382 g/mol. The summed E-state index contributed by atoms with van der Waals surface area (Å²) in [5.41, 5.74) is 1.47. The Labute approximate surface area is 178 Å². The topological polar surface area (TPSA) is 81.6 Å². The molecule has 1 fully saturated rings. The standard InChI is InChI=1S/C23H33N3O4/c1-23(2,3)30-22(28)25-19(21(27)24-14-16-9-11-29-12-10-16)13-17-15-26(4)20-8-6-5-7-18(17)20/h5-8,15-16,19H,9-14H2,1-4H3,(H,24,27)(H,25,28)/t19-/m1/s1. The SMILES string of the molecule is Cn1cc(C[C@@H](NC(=O)OC(C)(C)C)C(=O)NCC2CCOCC2)c2ccccc21. The van der Waals surface area contributed by atoms with Gasteiger partial charge in [0.25, 0.3) is 0 Å². The second kappa shape index (κ2) is 9.51. The molecule has 7 heteroatoms. The largest absolute Gasteiger partial charge is 0.444 e. The molecule has 0 saturated carbocycles. The van der Waals surface area contributed by atoms with E-state index in [0.717, 1.165) is 42.5 Å². The van der Waals surface area contributed by atoms with Crippen LogP contribution in [0.2, 0.25) is 0 Å². The molecule has 1 saturated heterocycles. The van der Waals surface area contributed by atoms with E-state index in [1.165, 1.54) is 0 Å². The van der Waals surface area contributed by atoms with Crippen LogP contribution in [-0.2, 0) is 27.7 Å². The van der Waals surface area contributed by atoms with Gasteiger partial charge in [0.05, 0.1) is 0 Å². The summed E-state index contributed by atoms with van der Waals surface area (Å²) in [4.78, 5) is 25.4. The number of benzene rings is 1. The molecule has 0 spiro atoms. The van der Waals surface area contributed by atoms with E-state index in [-0.39, 0.29) is 5.91 Å². The minimum absolute atomic E-state index is 0.194. The number of ether oxygens (including phenoxy) is 2. The number of rotatable bonds is 6. The number of hydrogen-bond donors (Lipinski definition) is 2. The molecule has 2 N–H and O–H groups in total. The Morgan fingerprint density at radius 2 is 1.93 bits per heavy atom. The highest BCUT2D eigenvalue weighted by atomic mass is 16.6. The summed E-state index contributed by atoms with van der Waals surface area (Å²) >= 11 is 0. The molecule has 1 aliphatic rings. The van der Waals surface area contributed by atoms with Crippen molar-refractivity contribution in [1.82, 2.24) is 15.2 Å². The van der Waals surface area contributed by atoms with Crippen molar-refractivity contribution in [3.05, 3.63) is 36.0 Å². The van der Waals surface area contributed by atoms with Crippen molar-refractivity contribution in [3.63, 3.8) is 0 Å². The highest BCUT2D eigenvalue weighted by Crippen LogP contribution is 2.22. The number of hydrogen-bond acceptors (Lipinski definition) is 4. The van der Waals surface area contributed by atoms with Crippen LogP contribution < -0.4 is 10.6 Å². The van der Waals surface area contributed by atoms with E-state index < -0.39 is 17.7 Å². The summed E-state index contributed by atoms with van der Waals surface area (Å²) in [6.45, 7) is 7.46. The van der Waals surface area contributed by atoms with E-state index in [9.17, 15) is 9.59 Å². The van der Waals surface area contributed by atoms with E-state index in [0.29, 0.717) is 18.9 Å². The lowest BCUT2D eigenvalue weighted by molar-refractivity contribution is -0.123. The molecule has 0 bridgehead atoms. The predicted molar refractivity (Wildman–Crippen MR) is 116 cm³/mol. The molecule has 1 aliphatic heterocycles. The van der Waals surface area contributed by atoms with Crippen LogP contribution in [0.25, 0.3) is 10.9 Å². The monoisotopic (exact) mass is 415 g/mol. The van der Waals surface area contributed by atoms with E-state index >= 15 is 0 Å². The van der Waals surface area contributed by atoms with Gasteiger partial charge in [-0.25, -0.2) is 4.79 Å². The second-order valence-electron chi connectivity index (χ2n) is 8.99. The van der Waals surface area contributed by atoms with Crippen molar-refractivity contribution in [2.75, 3.05) is 19.8 Å². The number of carbonyl (C=O) groups is 2. The number of amides is 2. The van der Waals surface area contributed by atoms with Gasteiger partial charge in [0, 0.05) is 50.3 Å². The molecule has 0 aliphatic carbocycles.